The zero-order valence-corrected chi connectivity index (χ0v) is 17.1. The molecule has 9 heteroatoms. The van der Waals surface area contributed by atoms with Crippen LogP contribution in [0.2, 0.25) is 0 Å². The van der Waals surface area contributed by atoms with Crippen molar-refractivity contribution in [1.82, 2.24) is 0 Å². The van der Waals surface area contributed by atoms with Gasteiger partial charge >= 0.3 is 7.60 Å². The number of rotatable bonds is 9. The van der Waals surface area contributed by atoms with Crippen molar-refractivity contribution >= 4 is 13.3 Å². The number of hydrogen-bond acceptors (Lipinski definition) is 8. The van der Waals surface area contributed by atoms with E-state index in [1.807, 2.05) is 60.7 Å². The van der Waals surface area contributed by atoms with Crippen LogP contribution in [0.1, 0.15) is 25.5 Å². The number of hydrogen-bond donors (Lipinski definition) is 0. The topological polar surface area (TPSA) is 90.2 Å². The molecule has 1 saturated heterocycles. The van der Waals surface area contributed by atoms with E-state index in [0.29, 0.717) is 5.69 Å². The Labute approximate surface area is 169 Å². The first-order valence-electron chi connectivity index (χ1n) is 9.32. The number of para-hydroxylation sites is 1. The van der Waals surface area contributed by atoms with E-state index < -0.39 is 25.4 Å². The Balaban J connectivity index is 2.10. The maximum atomic E-state index is 13.7. The fourth-order valence-electron chi connectivity index (χ4n) is 3.14. The van der Waals surface area contributed by atoms with Crippen LogP contribution in [0.5, 0.6) is 0 Å². The first-order chi connectivity index (χ1) is 14.1. The summed E-state index contributed by atoms with van der Waals surface area (Å²) in [4.78, 5) is 15.9. The lowest BCUT2D eigenvalue weighted by Crippen LogP contribution is -2.29. The molecule has 2 aromatic carbocycles. The summed E-state index contributed by atoms with van der Waals surface area (Å²) in [6.07, 6.45) is -1.12. The zero-order valence-electron chi connectivity index (χ0n) is 16.2. The standard InChI is InChI=1S/C20H23N2O6P/c1-3-24-27-29(23,28-25-4-2)20-18(15-21)26-22(17-13-9-6-10-14-17)19(20)16-11-7-5-8-12-16/h5-14,18-20H,3-4H2,1-2H3. The second kappa shape index (κ2) is 9.99. The van der Waals surface area contributed by atoms with E-state index in [-0.39, 0.29) is 13.2 Å². The summed E-state index contributed by atoms with van der Waals surface area (Å²) in [6.45, 7) is 3.65. The van der Waals surface area contributed by atoms with E-state index >= 15 is 0 Å². The van der Waals surface area contributed by atoms with Gasteiger partial charge in [0, 0.05) is 0 Å². The molecule has 1 aliphatic heterocycles. The molecule has 1 heterocycles. The quantitative estimate of drug-likeness (QED) is 0.332. The van der Waals surface area contributed by atoms with Crippen LogP contribution >= 0.6 is 7.60 Å². The van der Waals surface area contributed by atoms with Crippen LogP contribution in [0.25, 0.3) is 0 Å². The van der Waals surface area contributed by atoms with Crippen LogP contribution in [0.15, 0.2) is 60.7 Å². The van der Waals surface area contributed by atoms with Gasteiger partial charge in [0.25, 0.3) is 0 Å². The fourth-order valence-corrected chi connectivity index (χ4v) is 4.96. The summed E-state index contributed by atoms with van der Waals surface area (Å²) in [6, 6.07) is 20.0. The lowest BCUT2D eigenvalue weighted by molar-refractivity contribution is -0.265. The monoisotopic (exact) mass is 418 g/mol. The molecule has 1 fully saturated rings. The van der Waals surface area contributed by atoms with Gasteiger partial charge in [-0.3, -0.25) is 9.40 Å². The van der Waals surface area contributed by atoms with Crippen molar-refractivity contribution in [1.29, 1.82) is 5.26 Å². The molecule has 0 amide bonds. The van der Waals surface area contributed by atoms with Gasteiger partial charge in [-0.05, 0) is 31.5 Å². The van der Waals surface area contributed by atoms with Crippen LogP contribution in [-0.2, 0) is 28.5 Å². The summed E-state index contributed by atoms with van der Waals surface area (Å²) in [5.74, 6) is 0. The van der Waals surface area contributed by atoms with Crippen molar-refractivity contribution < 1.29 is 28.5 Å². The molecular formula is C20H23N2O6P. The van der Waals surface area contributed by atoms with Crippen molar-refractivity contribution in [2.24, 2.45) is 0 Å². The normalized spacial score (nSPS) is 21.8. The Morgan fingerprint density at radius 1 is 1.00 bits per heavy atom. The molecule has 0 saturated carbocycles. The minimum Gasteiger partial charge on any atom is -0.255 e. The molecule has 0 aliphatic carbocycles. The smallest absolute Gasteiger partial charge is 0.255 e. The molecule has 0 radical (unpaired) electrons. The van der Waals surface area contributed by atoms with Crippen LogP contribution < -0.4 is 5.06 Å². The van der Waals surface area contributed by atoms with Gasteiger partial charge in [0.15, 0.2) is 6.10 Å². The van der Waals surface area contributed by atoms with E-state index in [2.05, 4.69) is 6.07 Å². The summed E-state index contributed by atoms with van der Waals surface area (Å²) in [5, 5.41) is 11.3. The highest BCUT2D eigenvalue weighted by Gasteiger charge is 2.57. The zero-order chi connectivity index (χ0) is 20.7. The fraction of sp³-hybridized carbons (Fsp3) is 0.350. The maximum absolute atomic E-state index is 13.7. The molecule has 0 aromatic heterocycles. The lowest BCUT2D eigenvalue weighted by Gasteiger charge is -2.29. The van der Waals surface area contributed by atoms with E-state index in [0.717, 1.165) is 5.56 Å². The van der Waals surface area contributed by atoms with E-state index in [1.165, 1.54) is 0 Å². The Kier molecular flexibility index (Phi) is 7.40. The SMILES string of the molecule is CCOOP(=O)(OOCC)C1C(C#N)ON(c2ccccc2)C1c1ccccc1. The van der Waals surface area contributed by atoms with Crippen LogP contribution in [-0.4, -0.2) is 25.0 Å². The van der Waals surface area contributed by atoms with Gasteiger partial charge in [0.05, 0.1) is 31.0 Å². The third-order valence-corrected chi connectivity index (χ3v) is 6.22. The molecule has 2 aromatic rings. The van der Waals surface area contributed by atoms with Gasteiger partial charge in [-0.1, -0.05) is 48.5 Å². The van der Waals surface area contributed by atoms with Gasteiger partial charge in [0.1, 0.15) is 5.66 Å². The number of nitrogens with zero attached hydrogens (tertiary/aromatic N) is 2. The van der Waals surface area contributed by atoms with Gasteiger partial charge < -0.3 is 0 Å². The Morgan fingerprint density at radius 3 is 2.07 bits per heavy atom. The van der Waals surface area contributed by atoms with Crippen molar-refractivity contribution in [3.8, 4) is 6.07 Å². The first-order valence-corrected chi connectivity index (χ1v) is 10.9. The molecule has 3 atom stereocenters. The van der Waals surface area contributed by atoms with E-state index in [4.69, 9.17) is 24.0 Å². The highest BCUT2D eigenvalue weighted by molar-refractivity contribution is 7.54. The van der Waals surface area contributed by atoms with Crippen molar-refractivity contribution in [3.63, 3.8) is 0 Å². The van der Waals surface area contributed by atoms with Crippen molar-refractivity contribution in [3.05, 3.63) is 66.2 Å². The summed E-state index contributed by atoms with van der Waals surface area (Å²) in [5.41, 5.74) is 0.455. The average molecular weight is 418 g/mol. The van der Waals surface area contributed by atoms with Crippen molar-refractivity contribution in [2.75, 3.05) is 18.3 Å². The molecule has 0 spiro atoms. The minimum absolute atomic E-state index is 0.142. The Morgan fingerprint density at radius 2 is 1.55 bits per heavy atom. The number of anilines is 1. The molecule has 3 rings (SSSR count). The number of benzene rings is 2. The molecule has 0 N–H and O–H groups in total. The average Bonchev–Trinajstić information content (AvgIpc) is 3.18. The Bertz CT molecular complexity index is 848. The van der Waals surface area contributed by atoms with Gasteiger partial charge in [-0.15, -0.1) is 9.35 Å². The summed E-state index contributed by atoms with van der Waals surface area (Å²) >= 11 is 0. The summed E-state index contributed by atoms with van der Waals surface area (Å²) in [7, 11) is -4.09. The second-order valence-electron chi connectivity index (χ2n) is 6.16. The molecule has 8 nitrogen and oxygen atoms in total. The predicted octanol–water partition coefficient (Wildman–Crippen LogP) is 4.57. The number of nitriles is 1. The van der Waals surface area contributed by atoms with Crippen LogP contribution in [0.4, 0.5) is 5.69 Å². The second-order valence-corrected chi connectivity index (χ2v) is 8.14. The molecule has 3 unspecified atom stereocenters. The van der Waals surface area contributed by atoms with Gasteiger partial charge in [0.2, 0.25) is 0 Å². The third-order valence-electron chi connectivity index (χ3n) is 4.31. The molecule has 154 valence electrons. The number of hydroxylamine groups is 1. The van der Waals surface area contributed by atoms with Crippen molar-refractivity contribution in [2.45, 2.75) is 31.7 Å². The van der Waals surface area contributed by atoms with Crippen LogP contribution in [0, 0.1) is 11.3 Å². The predicted molar refractivity (Wildman–Crippen MR) is 105 cm³/mol. The van der Waals surface area contributed by atoms with Gasteiger partial charge in [-0.2, -0.15) is 5.26 Å². The third kappa shape index (κ3) is 4.68. The molecule has 0 bridgehead atoms. The summed E-state index contributed by atoms with van der Waals surface area (Å²) < 4.78 is 24.1. The Hall–Kier alpha value is -2.24. The van der Waals surface area contributed by atoms with E-state index in [9.17, 15) is 9.83 Å². The highest BCUT2D eigenvalue weighted by Crippen LogP contribution is 2.62. The van der Waals surface area contributed by atoms with Crippen LogP contribution in [0.3, 0.4) is 0 Å². The maximum Gasteiger partial charge on any atom is 0.393 e. The van der Waals surface area contributed by atoms with Gasteiger partial charge in [-0.25, -0.2) is 14.8 Å². The molecule has 29 heavy (non-hydrogen) atoms. The first kappa shape index (κ1) is 21.5. The minimum atomic E-state index is -4.09. The molecule has 1 aliphatic rings. The van der Waals surface area contributed by atoms with E-state index in [1.54, 1.807) is 18.9 Å². The lowest BCUT2D eigenvalue weighted by atomic mass is 10.0. The highest BCUT2D eigenvalue weighted by atomic mass is 31.2. The molecular weight excluding hydrogens is 395 g/mol. The largest absolute Gasteiger partial charge is 0.393 e.